The van der Waals surface area contributed by atoms with Gasteiger partial charge in [-0.1, -0.05) is 24.3 Å². The molecule has 0 spiro atoms. The van der Waals surface area contributed by atoms with Crippen molar-refractivity contribution in [3.63, 3.8) is 0 Å². The molecule has 0 fully saturated rings. The fraction of sp³-hybridized carbons (Fsp3) is 0.312. The minimum Gasteiger partial charge on any atom is -0.385 e. The number of anilines is 1. The lowest BCUT2D eigenvalue weighted by molar-refractivity contribution is -0.119. The van der Waals surface area contributed by atoms with Crippen molar-refractivity contribution in [2.45, 2.75) is 11.3 Å². The van der Waals surface area contributed by atoms with Crippen LogP contribution in [0.5, 0.6) is 0 Å². The number of rotatable bonds is 6. The molecular formula is C16H18N2O4S. The van der Waals surface area contributed by atoms with Gasteiger partial charge in [0, 0.05) is 25.6 Å². The molecule has 2 aromatic rings. The third-order valence-corrected chi connectivity index (χ3v) is 5.62. The number of sulfonamides is 1. The van der Waals surface area contributed by atoms with E-state index in [1.807, 2.05) is 12.1 Å². The van der Waals surface area contributed by atoms with Crippen molar-refractivity contribution in [1.82, 2.24) is 5.32 Å². The van der Waals surface area contributed by atoms with Crippen LogP contribution in [0.3, 0.4) is 0 Å². The summed E-state index contributed by atoms with van der Waals surface area (Å²) in [5.41, 5.74) is 0.560. The van der Waals surface area contributed by atoms with Crippen molar-refractivity contribution in [2.24, 2.45) is 0 Å². The highest BCUT2D eigenvalue weighted by atomic mass is 32.2. The Morgan fingerprint density at radius 3 is 2.70 bits per heavy atom. The first-order chi connectivity index (χ1) is 11.1. The van der Waals surface area contributed by atoms with Gasteiger partial charge in [0.15, 0.2) is 0 Å². The molecule has 1 amide bonds. The number of hydrogen-bond donors (Lipinski definition) is 1. The average Bonchev–Trinajstić information content (AvgIpc) is 2.75. The van der Waals surface area contributed by atoms with Crippen molar-refractivity contribution < 1.29 is 17.9 Å². The van der Waals surface area contributed by atoms with Gasteiger partial charge in [-0.15, -0.1) is 0 Å². The quantitative estimate of drug-likeness (QED) is 0.812. The first-order valence-corrected chi connectivity index (χ1v) is 8.80. The molecule has 0 radical (unpaired) electrons. The number of benzene rings is 2. The summed E-state index contributed by atoms with van der Waals surface area (Å²) in [6, 6.07) is 10.6. The SMILES string of the molecule is COCCCNC(=O)CN1c2cccc3cccc(c23)S1(=O)=O. The molecule has 1 aliphatic heterocycles. The minimum absolute atomic E-state index is 0.219. The van der Waals surface area contributed by atoms with Crippen LogP contribution in [0.2, 0.25) is 0 Å². The van der Waals surface area contributed by atoms with E-state index in [-0.39, 0.29) is 17.3 Å². The molecule has 2 aromatic carbocycles. The monoisotopic (exact) mass is 334 g/mol. The summed E-state index contributed by atoms with van der Waals surface area (Å²) in [4.78, 5) is 12.3. The second-order valence-electron chi connectivity index (χ2n) is 5.34. The van der Waals surface area contributed by atoms with Gasteiger partial charge in [0.1, 0.15) is 6.54 Å². The van der Waals surface area contributed by atoms with Gasteiger partial charge in [-0.3, -0.25) is 9.10 Å². The van der Waals surface area contributed by atoms with Crippen molar-refractivity contribution in [3.8, 4) is 0 Å². The molecular weight excluding hydrogens is 316 g/mol. The van der Waals surface area contributed by atoms with E-state index in [0.29, 0.717) is 30.6 Å². The van der Waals surface area contributed by atoms with Gasteiger partial charge in [-0.2, -0.15) is 0 Å². The zero-order valence-corrected chi connectivity index (χ0v) is 13.6. The van der Waals surface area contributed by atoms with Crippen LogP contribution < -0.4 is 9.62 Å². The lowest BCUT2D eigenvalue weighted by Crippen LogP contribution is -2.39. The van der Waals surface area contributed by atoms with Gasteiger partial charge in [0.05, 0.1) is 10.6 Å². The fourth-order valence-electron chi connectivity index (χ4n) is 2.76. The van der Waals surface area contributed by atoms with E-state index in [1.54, 1.807) is 31.4 Å². The number of ether oxygens (including phenoxy) is 1. The van der Waals surface area contributed by atoms with Crippen LogP contribution in [0.25, 0.3) is 10.8 Å². The van der Waals surface area contributed by atoms with Crippen LogP contribution in [0, 0.1) is 0 Å². The summed E-state index contributed by atoms with van der Waals surface area (Å²) in [6.45, 7) is 0.786. The maximum Gasteiger partial charge on any atom is 0.265 e. The summed E-state index contributed by atoms with van der Waals surface area (Å²) >= 11 is 0. The van der Waals surface area contributed by atoms with Crippen LogP contribution in [0.4, 0.5) is 5.69 Å². The smallest absolute Gasteiger partial charge is 0.265 e. The Morgan fingerprint density at radius 2 is 1.96 bits per heavy atom. The Labute approximate surface area is 135 Å². The molecule has 0 bridgehead atoms. The molecule has 1 aliphatic rings. The van der Waals surface area contributed by atoms with Crippen LogP contribution in [-0.2, 0) is 19.6 Å². The molecule has 3 rings (SSSR count). The Hall–Kier alpha value is -2.12. The molecule has 23 heavy (non-hydrogen) atoms. The maximum atomic E-state index is 12.7. The Balaban J connectivity index is 1.85. The minimum atomic E-state index is -3.68. The molecule has 7 heteroatoms. The Kier molecular flexibility index (Phi) is 4.23. The first-order valence-electron chi connectivity index (χ1n) is 7.36. The van der Waals surface area contributed by atoms with Gasteiger partial charge in [-0.05, 0) is 23.9 Å². The molecule has 0 saturated carbocycles. The van der Waals surface area contributed by atoms with Crippen LogP contribution in [0.1, 0.15) is 6.42 Å². The number of nitrogens with zero attached hydrogens (tertiary/aromatic N) is 1. The third kappa shape index (κ3) is 2.77. The Morgan fingerprint density at radius 1 is 1.22 bits per heavy atom. The van der Waals surface area contributed by atoms with Crippen molar-refractivity contribution in [2.75, 3.05) is 31.1 Å². The van der Waals surface area contributed by atoms with E-state index in [4.69, 9.17) is 4.74 Å². The first kappa shape index (κ1) is 15.8. The van der Waals surface area contributed by atoms with Gasteiger partial charge in [-0.25, -0.2) is 8.42 Å². The molecule has 0 unspecified atom stereocenters. The highest BCUT2D eigenvalue weighted by Crippen LogP contribution is 2.41. The molecule has 0 atom stereocenters. The lowest BCUT2D eigenvalue weighted by Gasteiger charge is -2.18. The van der Waals surface area contributed by atoms with Crippen molar-refractivity contribution in [3.05, 3.63) is 36.4 Å². The van der Waals surface area contributed by atoms with E-state index in [1.165, 1.54) is 4.31 Å². The van der Waals surface area contributed by atoms with E-state index in [0.717, 1.165) is 5.39 Å². The third-order valence-electron chi connectivity index (χ3n) is 3.82. The summed E-state index contributed by atoms with van der Waals surface area (Å²) in [5.74, 6) is -0.325. The zero-order chi connectivity index (χ0) is 16.4. The second-order valence-corrected chi connectivity index (χ2v) is 7.17. The summed E-state index contributed by atoms with van der Waals surface area (Å²) in [5, 5.41) is 4.25. The van der Waals surface area contributed by atoms with E-state index in [2.05, 4.69) is 5.32 Å². The lowest BCUT2D eigenvalue weighted by atomic mass is 10.1. The van der Waals surface area contributed by atoms with Gasteiger partial charge in [0.25, 0.3) is 10.0 Å². The second kappa shape index (κ2) is 6.17. The topological polar surface area (TPSA) is 75.7 Å². The Bertz CT molecular complexity index is 843. The fourth-order valence-corrected chi connectivity index (χ4v) is 4.43. The normalized spacial score (nSPS) is 15.1. The maximum absolute atomic E-state index is 12.7. The predicted octanol–water partition coefficient (Wildman–Crippen LogP) is 1.50. The van der Waals surface area contributed by atoms with Gasteiger partial charge in [0.2, 0.25) is 5.91 Å². The largest absolute Gasteiger partial charge is 0.385 e. The van der Waals surface area contributed by atoms with Gasteiger partial charge >= 0.3 is 0 Å². The predicted molar refractivity (Wildman–Crippen MR) is 88.0 cm³/mol. The molecule has 0 aliphatic carbocycles. The van der Waals surface area contributed by atoms with Crippen LogP contribution in [0.15, 0.2) is 41.3 Å². The molecule has 1 heterocycles. The van der Waals surface area contributed by atoms with Crippen LogP contribution >= 0.6 is 0 Å². The average molecular weight is 334 g/mol. The van der Waals surface area contributed by atoms with Crippen molar-refractivity contribution in [1.29, 1.82) is 0 Å². The van der Waals surface area contributed by atoms with Crippen molar-refractivity contribution >= 4 is 32.4 Å². The highest BCUT2D eigenvalue weighted by molar-refractivity contribution is 7.93. The number of methoxy groups -OCH3 is 1. The molecule has 1 N–H and O–H groups in total. The molecule has 6 nitrogen and oxygen atoms in total. The number of hydrogen-bond acceptors (Lipinski definition) is 4. The molecule has 122 valence electrons. The zero-order valence-electron chi connectivity index (χ0n) is 12.8. The number of carbonyl (C=O) groups is 1. The van der Waals surface area contributed by atoms with E-state index < -0.39 is 10.0 Å². The summed E-state index contributed by atoms with van der Waals surface area (Å²) in [6.07, 6.45) is 0.685. The summed E-state index contributed by atoms with van der Waals surface area (Å²) in [7, 11) is -2.09. The number of carbonyl (C=O) groups excluding carboxylic acids is 1. The van der Waals surface area contributed by atoms with E-state index in [9.17, 15) is 13.2 Å². The summed E-state index contributed by atoms with van der Waals surface area (Å²) < 4.78 is 31.5. The molecule has 0 saturated heterocycles. The highest BCUT2D eigenvalue weighted by Gasteiger charge is 2.36. The molecule has 0 aromatic heterocycles. The standard InChI is InChI=1S/C16H18N2O4S/c1-22-10-4-9-17-15(19)11-18-13-7-2-5-12-6-3-8-14(16(12)13)23(18,20)21/h2-3,5-8H,4,9-11H2,1H3,(H,17,19). The van der Waals surface area contributed by atoms with Crippen LogP contribution in [-0.4, -0.2) is 41.1 Å². The number of nitrogens with one attached hydrogen (secondary N) is 1. The van der Waals surface area contributed by atoms with Gasteiger partial charge < -0.3 is 10.1 Å². The number of amides is 1. The van der Waals surface area contributed by atoms with E-state index >= 15 is 0 Å².